The van der Waals surface area contributed by atoms with E-state index in [0.717, 1.165) is 41.9 Å². The summed E-state index contributed by atoms with van der Waals surface area (Å²) in [6, 6.07) is 19.3. The fourth-order valence-corrected chi connectivity index (χ4v) is 4.05. The molecule has 0 unspecified atom stereocenters. The van der Waals surface area contributed by atoms with Crippen molar-refractivity contribution >= 4 is 29.1 Å². The molecule has 1 saturated heterocycles. The van der Waals surface area contributed by atoms with Crippen molar-refractivity contribution in [2.75, 3.05) is 25.7 Å². The predicted octanol–water partition coefficient (Wildman–Crippen LogP) is 6.00. The summed E-state index contributed by atoms with van der Waals surface area (Å²) >= 11 is 3.43. The second kappa shape index (κ2) is 10.7. The first-order valence-corrected chi connectivity index (χ1v) is 11.9. The molecule has 1 aliphatic rings. The van der Waals surface area contributed by atoms with Crippen molar-refractivity contribution in [1.29, 1.82) is 5.26 Å². The maximum atomic E-state index is 9.95. The summed E-state index contributed by atoms with van der Waals surface area (Å²) in [7, 11) is 0. The fraction of sp³-hybridized carbons (Fsp3) is 0.348. The smallest absolute Gasteiger partial charge is 0.157 e. The molecule has 0 spiro atoms. The van der Waals surface area contributed by atoms with Crippen molar-refractivity contribution in [2.45, 2.75) is 35.3 Å². The minimum Gasteiger partial charge on any atom is -0.353 e. The van der Waals surface area contributed by atoms with E-state index in [1.807, 2.05) is 0 Å². The second-order valence-corrected chi connectivity index (χ2v) is 8.25. The van der Waals surface area contributed by atoms with Gasteiger partial charge in [-0.15, -0.1) is 23.5 Å². The van der Waals surface area contributed by atoms with E-state index >= 15 is 0 Å². The average molecular weight is 412 g/mol. The Hall–Kier alpha value is -1.71. The van der Waals surface area contributed by atoms with Crippen LogP contribution in [0.3, 0.4) is 0 Å². The van der Waals surface area contributed by atoms with Crippen molar-refractivity contribution in [1.82, 2.24) is 0 Å². The molecule has 0 bridgehead atoms. The van der Waals surface area contributed by atoms with Crippen LogP contribution in [0.4, 0.5) is 0 Å². The lowest BCUT2D eigenvalue weighted by molar-refractivity contribution is -0.180. The van der Waals surface area contributed by atoms with Gasteiger partial charge in [-0.2, -0.15) is 5.26 Å². The van der Waals surface area contributed by atoms with Crippen LogP contribution in [0, 0.1) is 11.3 Å². The summed E-state index contributed by atoms with van der Waals surface area (Å²) < 4.78 is 11.3. The van der Waals surface area contributed by atoms with Crippen molar-refractivity contribution in [3.63, 3.8) is 0 Å². The molecule has 5 heteroatoms. The highest BCUT2D eigenvalue weighted by molar-refractivity contribution is 7.98. The van der Waals surface area contributed by atoms with Gasteiger partial charge < -0.3 is 9.47 Å². The van der Waals surface area contributed by atoms with Gasteiger partial charge in [0.05, 0.1) is 19.3 Å². The van der Waals surface area contributed by atoms with Gasteiger partial charge in [-0.25, -0.2) is 0 Å². The van der Waals surface area contributed by atoms with E-state index in [-0.39, 0.29) is 6.29 Å². The summed E-state index contributed by atoms with van der Waals surface area (Å²) in [6.45, 7) is 1.46. The number of nitriles is 1. The number of ether oxygens (including phenoxy) is 2. The second-order valence-electron chi connectivity index (χ2n) is 6.49. The highest BCUT2D eigenvalue weighted by Crippen LogP contribution is 2.32. The largest absolute Gasteiger partial charge is 0.353 e. The third-order valence-electron chi connectivity index (χ3n) is 4.72. The summed E-state index contributed by atoms with van der Waals surface area (Å²) in [5.74, 6) is 0. The summed E-state index contributed by atoms with van der Waals surface area (Å²) in [5.41, 5.74) is 3.90. The van der Waals surface area contributed by atoms with E-state index in [9.17, 15) is 5.26 Å². The van der Waals surface area contributed by atoms with Gasteiger partial charge in [0.15, 0.2) is 6.29 Å². The molecular weight excluding hydrogens is 386 g/mol. The molecule has 1 aliphatic heterocycles. The molecule has 1 fully saturated rings. The summed E-state index contributed by atoms with van der Waals surface area (Å²) in [4.78, 5) is 2.42. The molecule has 0 N–H and O–H groups in total. The zero-order valence-electron chi connectivity index (χ0n) is 16.3. The standard InChI is InChI=1S/C23H25NO2S2/c1-27-20-9-4-17(5-10-20)23(18-6-11-21(28-2)12-7-18)19(16-24)8-13-22-25-14-3-15-26-22/h4-7,9-12,22H,3,8,13-15H2,1-2H3. The molecule has 1 heterocycles. The molecule has 2 aromatic rings. The van der Waals surface area contributed by atoms with Gasteiger partial charge in [0.2, 0.25) is 0 Å². The SMILES string of the molecule is CSc1ccc(C(=C(C#N)CCC2OCCCO2)c2ccc(SC)cc2)cc1. The Kier molecular flexibility index (Phi) is 8.05. The van der Waals surface area contributed by atoms with Gasteiger partial charge in [-0.05, 0) is 60.7 Å². The van der Waals surface area contributed by atoms with E-state index in [1.165, 1.54) is 9.79 Å². The quantitative estimate of drug-likeness (QED) is 0.413. The molecule has 3 nitrogen and oxygen atoms in total. The van der Waals surface area contributed by atoms with E-state index in [1.54, 1.807) is 23.5 Å². The molecule has 0 amide bonds. The predicted molar refractivity (Wildman–Crippen MR) is 118 cm³/mol. The van der Waals surface area contributed by atoms with Crippen LogP contribution in [-0.4, -0.2) is 32.0 Å². The number of nitrogens with zero attached hydrogens (tertiary/aromatic N) is 1. The monoisotopic (exact) mass is 411 g/mol. The molecule has 0 aromatic heterocycles. The van der Waals surface area contributed by atoms with Crippen LogP contribution >= 0.6 is 23.5 Å². The minimum atomic E-state index is -0.212. The van der Waals surface area contributed by atoms with Crippen LogP contribution in [-0.2, 0) is 9.47 Å². The topological polar surface area (TPSA) is 42.2 Å². The summed E-state index contributed by atoms with van der Waals surface area (Å²) in [5, 5.41) is 9.95. The Morgan fingerprint density at radius 1 is 0.929 bits per heavy atom. The highest BCUT2D eigenvalue weighted by Gasteiger charge is 2.18. The normalized spacial score (nSPS) is 14.5. The van der Waals surface area contributed by atoms with Crippen LogP contribution in [0.15, 0.2) is 63.9 Å². The van der Waals surface area contributed by atoms with Crippen molar-refractivity contribution in [3.05, 3.63) is 65.2 Å². The van der Waals surface area contributed by atoms with Crippen molar-refractivity contribution < 1.29 is 9.47 Å². The molecule has 3 rings (SSSR count). The molecule has 0 radical (unpaired) electrons. The van der Waals surface area contributed by atoms with Gasteiger partial charge >= 0.3 is 0 Å². The molecule has 146 valence electrons. The molecule has 0 atom stereocenters. The Morgan fingerprint density at radius 3 is 1.86 bits per heavy atom. The Balaban J connectivity index is 1.95. The van der Waals surface area contributed by atoms with E-state index in [2.05, 4.69) is 67.1 Å². The maximum Gasteiger partial charge on any atom is 0.157 e. The zero-order valence-corrected chi connectivity index (χ0v) is 17.9. The minimum absolute atomic E-state index is 0.212. The van der Waals surface area contributed by atoms with Crippen LogP contribution in [0.5, 0.6) is 0 Å². The van der Waals surface area contributed by atoms with Crippen LogP contribution in [0.1, 0.15) is 30.4 Å². The zero-order chi connectivity index (χ0) is 19.8. The first kappa shape index (κ1) is 21.0. The Morgan fingerprint density at radius 2 is 1.43 bits per heavy atom. The van der Waals surface area contributed by atoms with E-state index in [4.69, 9.17) is 9.47 Å². The van der Waals surface area contributed by atoms with Crippen LogP contribution in [0.2, 0.25) is 0 Å². The van der Waals surface area contributed by atoms with Crippen molar-refractivity contribution in [2.24, 2.45) is 0 Å². The number of hydrogen-bond donors (Lipinski definition) is 0. The lowest BCUT2D eigenvalue weighted by Gasteiger charge is -2.23. The average Bonchev–Trinajstić information content (AvgIpc) is 2.77. The Labute approximate surface area is 176 Å². The highest BCUT2D eigenvalue weighted by atomic mass is 32.2. The van der Waals surface area contributed by atoms with Gasteiger partial charge in [0.25, 0.3) is 0 Å². The number of benzene rings is 2. The van der Waals surface area contributed by atoms with Gasteiger partial charge in [-0.3, -0.25) is 0 Å². The first-order chi connectivity index (χ1) is 13.7. The van der Waals surface area contributed by atoms with Crippen LogP contribution in [0.25, 0.3) is 5.57 Å². The van der Waals surface area contributed by atoms with Gasteiger partial charge in [0, 0.05) is 27.4 Å². The van der Waals surface area contributed by atoms with Crippen molar-refractivity contribution in [3.8, 4) is 6.07 Å². The lowest BCUT2D eigenvalue weighted by Crippen LogP contribution is -2.24. The number of hydrogen-bond acceptors (Lipinski definition) is 5. The third-order valence-corrected chi connectivity index (χ3v) is 6.21. The molecule has 0 saturated carbocycles. The fourth-order valence-electron chi connectivity index (χ4n) is 3.23. The lowest BCUT2D eigenvalue weighted by atomic mass is 9.91. The molecule has 28 heavy (non-hydrogen) atoms. The summed E-state index contributed by atoms with van der Waals surface area (Å²) in [6.07, 6.45) is 6.18. The molecule has 2 aromatic carbocycles. The molecule has 0 aliphatic carbocycles. The van der Waals surface area contributed by atoms with E-state index in [0.29, 0.717) is 12.8 Å². The third kappa shape index (κ3) is 5.42. The number of rotatable bonds is 7. The number of allylic oxidation sites excluding steroid dienone is 1. The Bertz CT molecular complexity index is 783. The maximum absolute atomic E-state index is 9.95. The van der Waals surface area contributed by atoms with Gasteiger partial charge in [0.1, 0.15) is 0 Å². The first-order valence-electron chi connectivity index (χ1n) is 9.40. The van der Waals surface area contributed by atoms with Gasteiger partial charge in [-0.1, -0.05) is 24.3 Å². The molecular formula is C23H25NO2S2. The van der Waals surface area contributed by atoms with E-state index < -0.39 is 0 Å². The van der Waals surface area contributed by atoms with Crippen LogP contribution < -0.4 is 0 Å². The number of thioether (sulfide) groups is 2.